The molecule has 7 heteroatoms. The van der Waals surface area contributed by atoms with Crippen molar-refractivity contribution >= 4 is 11.8 Å². The summed E-state index contributed by atoms with van der Waals surface area (Å²) in [5.41, 5.74) is -0.308. The maximum Gasteiger partial charge on any atom is 0.209 e. The topological polar surface area (TPSA) is 79.4 Å². The lowest BCUT2D eigenvalue weighted by molar-refractivity contribution is 0.317. The third-order valence-electron chi connectivity index (χ3n) is 4.57. The lowest BCUT2D eigenvalue weighted by Crippen LogP contribution is -2.47. The molecular formula is C14H22N6S. The monoisotopic (exact) mass is 306 g/mol. The van der Waals surface area contributed by atoms with E-state index in [4.69, 9.17) is 0 Å². The van der Waals surface area contributed by atoms with E-state index >= 15 is 0 Å². The molecule has 0 aliphatic heterocycles. The van der Waals surface area contributed by atoms with Gasteiger partial charge in [0.15, 0.2) is 0 Å². The van der Waals surface area contributed by atoms with Gasteiger partial charge in [-0.2, -0.15) is 5.26 Å². The van der Waals surface area contributed by atoms with Crippen LogP contribution in [-0.4, -0.2) is 38.0 Å². The van der Waals surface area contributed by atoms with Gasteiger partial charge in [-0.25, -0.2) is 4.68 Å². The fraction of sp³-hybridized carbons (Fsp3) is 0.857. The fourth-order valence-corrected chi connectivity index (χ4v) is 4.32. The Morgan fingerprint density at radius 2 is 2.33 bits per heavy atom. The van der Waals surface area contributed by atoms with Crippen LogP contribution in [0.4, 0.5) is 0 Å². The highest BCUT2D eigenvalue weighted by Gasteiger charge is 2.42. The fourth-order valence-electron chi connectivity index (χ4n) is 3.32. The zero-order valence-electron chi connectivity index (χ0n) is 12.5. The van der Waals surface area contributed by atoms with Crippen LogP contribution in [0.3, 0.4) is 0 Å². The van der Waals surface area contributed by atoms with Gasteiger partial charge in [0, 0.05) is 5.75 Å². The molecule has 0 saturated heterocycles. The second-order valence-electron chi connectivity index (χ2n) is 5.98. The SMILES string of the molecule is CCNC1(C#N)CCCC1CCSc1nnnn1C1CC1. The molecule has 0 amide bonds. The minimum absolute atomic E-state index is 0.308. The first kappa shape index (κ1) is 14.8. The molecule has 2 unspecified atom stereocenters. The molecule has 2 saturated carbocycles. The summed E-state index contributed by atoms with van der Waals surface area (Å²) in [6.07, 6.45) is 6.71. The summed E-state index contributed by atoms with van der Waals surface area (Å²) in [7, 11) is 0. The average Bonchev–Trinajstić information content (AvgIpc) is 3.10. The Morgan fingerprint density at radius 1 is 1.48 bits per heavy atom. The van der Waals surface area contributed by atoms with Crippen molar-refractivity contribution in [1.29, 1.82) is 5.26 Å². The summed E-state index contributed by atoms with van der Waals surface area (Å²) < 4.78 is 1.96. The van der Waals surface area contributed by atoms with Crippen molar-refractivity contribution in [3.05, 3.63) is 0 Å². The van der Waals surface area contributed by atoms with Crippen LogP contribution in [0.25, 0.3) is 0 Å². The van der Waals surface area contributed by atoms with E-state index in [0.29, 0.717) is 12.0 Å². The summed E-state index contributed by atoms with van der Waals surface area (Å²) in [5.74, 6) is 1.42. The summed E-state index contributed by atoms with van der Waals surface area (Å²) >= 11 is 1.73. The molecule has 114 valence electrons. The van der Waals surface area contributed by atoms with Crippen LogP contribution in [0.2, 0.25) is 0 Å². The summed E-state index contributed by atoms with van der Waals surface area (Å²) in [6, 6.07) is 3.07. The number of nitrogens with zero attached hydrogens (tertiary/aromatic N) is 5. The largest absolute Gasteiger partial charge is 0.299 e. The highest BCUT2D eigenvalue weighted by atomic mass is 32.2. The lowest BCUT2D eigenvalue weighted by Gasteiger charge is -2.29. The lowest BCUT2D eigenvalue weighted by atomic mass is 9.86. The first-order valence-electron chi connectivity index (χ1n) is 7.86. The van der Waals surface area contributed by atoms with Crippen molar-refractivity contribution in [1.82, 2.24) is 25.5 Å². The Bertz CT molecular complexity index is 520. The van der Waals surface area contributed by atoms with Gasteiger partial charge < -0.3 is 0 Å². The Morgan fingerprint density at radius 3 is 3.05 bits per heavy atom. The number of thioether (sulfide) groups is 1. The Hall–Kier alpha value is -1.13. The minimum Gasteiger partial charge on any atom is -0.299 e. The van der Waals surface area contributed by atoms with Crippen LogP contribution < -0.4 is 5.32 Å². The van der Waals surface area contributed by atoms with Gasteiger partial charge in [0.25, 0.3) is 0 Å². The van der Waals surface area contributed by atoms with Gasteiger partial charge in [-0.05, 0) is 55.0 Å². The van der Waals surface area contributed by atoms with Crippen LogP contribution in [0.1, 0.15) is 51.5 Å². The Balaban J connectivity index is 1.55. The predicted molar refractivity (Wildman–Crippen MR) is 80.8 cm³/mol. The molecule has 0 aromatic carbocycles. The van der Waals surface area contributed by atoms with Crippen LogP contribution in [0.15, 0.2) is 5.16 Å². The van der Waals surface area contributed by atoms with Crippen molar-refractivity contribution in [2.75, 3.05) is 12.3 Å². The smallest absolute Gasteiger partial charge is 0.209 e. The van der Waals surface area contributed by atoms with Crippen molar-refractivity contribution < 1.29 is 0 Å². The molecule has 3 rings (SSSR count). The van der Waals surface area contributed by atoms with E-state index in [-0.39, 0.29) is 5.54 Å². The van der Waals surface area contributed by atoms with Crippen LogP contribution in [-0.2, 0) is 0 Å². The van der Waals surface area contributed by atoms with Gasteiger partial charge in [0.1, 0.15) is 5.54 Å². The normalized spacial score (nSPS) is 28.7. The van der Waals surface area contributed by atoms with E-state index in [9.17, 15) is 5.26 Å². The molecule has 6 nitrogen and oxygen atoms in total. The van der Waals surface area contributed by atoms with E-state index in [1.54, 1.807) is 11.8 Å². The first-order valence-corrected chi connectivity index (χ1v) is 8.84. The number of nitrogens with one attached hydrogen (secondary N) is 1. The molecule has 21 heavy (non-hydrogen) atoms. The number of hydrogen-bond acceptors (Lipinski definition) is 6. The van der Waals surface area contributed by atoms with Crippen molar-refractivity contribution in [2.45, 2.75) is 62.2 Å². The molecule has 2 aliphatic carbocycles. The number of rotatable bonds is 7. The second kappa shape index (κ2) is 6.32. The zero-order chi connectivity index (χ0) is 14.7. The maximum absolute atomic E-state index is 9.57. The molecular weight excluding hydrogens is 284 g/mol. The van der Waals surface area contributed by atoms with Gasteiger partial charge in [0.2, 0.25) is 5.16 Å². The second-order valence-corrected chi connectivity index (χ2v) is 7.04. The molecule has 2 fully saturated rings. The van der Waals surface area contributed by atoms with Gasteiger partial charge in [-0.3, -0.25) is 5.32 Å². The van der Waals surface area contributed by atoms with E-state index in [2.05, 4.69) is 33.8 Å². The predicted octanol–water partition coefficient (Wildman–Crippen LogP) is 2.16. The van der Waals surface area contributed by atoms with Gasteiger partial charge in [-0.15, -0.1) is 5.10 Å². The molecule has 1 aromatic heterocycles. The maximum atomic E-state index is 9.57. The Labute approximate surface area is 129 Å². The molecule has 0 bridgehead atoms. The van der Waals surface area contributed by atoms with E-state index < -0.39 is 0 Å². The van der Waals surface area contributed by atoms with E-state index in [1.807, 2.05) is 4.68 Å². The number of nitriles is 1. The summed E-state index contributed by atoms with van der Waals surface area (Å²) in [5, 5.41) is 25.9. The van der Waals surface area contributed by atoms with E-state index in [0.717, 1.165) is 43.1 Å². The van der Waals surface area contributed by atoms with Crippen molar-refractivity contribution in [3.8, 4) is 6.07 Å². The molecule has 1 aromatic rings. The molecule has 2 aliphatic rings. The minimum atomic E-state index is -0.308. The quantitative estimate of drug-likeness (QED) is 0.778. The van der Waals surface area contributed by atoms with Crippen molar-refractivity contribution in [2.24, 2.45) is 5.92 Å². The van der Waals surface area contributed by atoms with Crippen LogP contribution >= 0.6 is 11.8 Å². The molecule has 2 atom stereocenters. The molecule has 0 spiro atoms. The van der Waals surface area contributed by atoms with Gasteiger partial charge >= 0.3 is 0 Å². The van der Waals surface area contributed by atoms with Crippen LogP contribution in [0, 0.1) is 17.2 Å². The van der Waals surface area contributed by atoms with E-state index in [1.165, 1.54) is 12.8 Å². The molecule has 1 heterocycles. The average molecular weight is 306 g/mol. The standard InChI is InChI=1S/C14H22N6S/c1-2-16-14(10-15)8-3-4-11(14)7-9-21-13-17-18-19-20(13)12-5-6-12/h11-12,16H,2-9H2,1H3. The third kappa shape index (κ3) is 3.06. The number of hydrogen-bond donors (Lipinski definition) is 1. The molecule has 0 radical (unpaired) electrons. The first-order chi connectivity index (χ1) is 10.3. The Kier molecular flexibility index (Phi) is 4.45. The summed E-state index contributed by atoms with van der Waals surface area (Å²) in [4.78, 5) is 0. The van der Waals surface area contributed by atoms with Crippen LogP contribution in [0.5, 0.6) is 0 Å². The third-order valence-corrected chi connectivity index (χ3v) is 5.53. The van der Waals surface area contributed by atoms with Gasteiger partial charge in [-0.1, -0.05) is 25.1 Å². The van der Waals surface area contributed by atoms with Gasteiger partial charge in [0.05, 0.1) is 12.1 Å². The number of aromatic nitrogens is 4. The molecule has 1 N–H and O–H groups in total. The van der Waals surface area contributed by atoms with Crippen molar-refractivity contribution in [3.63, 3.8) is 0 Å². The summed E-state index contributed by atoms with van der Waals surface area (Å²) in [6.45, 7) is 2.93. The highest BCUT2D eigenvalue weighted by molar-refractivity contribution is 7.99. The highest BCUT2D eigenvalue weighted by Crippen LogP contribution is 2.40. The number of tetrazole rings is 1. The zero-order valence-corrected chi connectivity index (χ0v) is 13.3.